The summed E-state index contributed by atoms with van der Waals surface area (Å²) in [6.45, 7) is 13.3. The number of rotatable bonds is 2. The van der Waals surface area contributed by atoms with Crippen molar-refractivity contribution in [3.05, 3.63) is 0 Å². The highest BCUT2D eigenvalue weighted by Gasteiger charge is 2.34. The molecule has 1 heterocycles. The van der Waals surface area contributed by atoms with Gasteiger partial charge < -0.3 is 9.64 Å². The SMILES string of the molecule is CN1CCCC(N(OC(C)(C)C)C(=O)OC(C)(C)C)C1. The van der Waals surface area contributed by atoms with Crippen LogP contribution in [-0.2, 0) is 9.57 Å². The molecule has 1 aliphatic heterocycles. The van der Waals surface area contributed by atoms with Gasteiger partial charge in [0, 0.05) is 6.54 Å². The number of nitrogens with zero attached hydrogens (tertiary/aromatic N) is 2. The van der Waals surface area contributed by atoms with Gasteiger partial charge in [0.25, 0.3) is 0 Å². The van der Waals surface area contributed by atoms with Crippen LogP contribution in [-0.4, -0.2) is 53.4 Å². The molecule has 0 aromatic rings. The van der Waals surface area contributed by atoms with Crippen LogP contribution < -0.4 is 0 Å². The molecule has 1 rings (SSSR count). The molecule has 1 saturated heterocycles. The van der Waals surface area contributed by atoms with Crippen molar-refractivity contribution in [3.63, 3.8) is 0 Å². The lowest BCUT2D eigenvalue weighted by molar-refractivity contribution is -0.235. The molecule has 118 valence electrons. The van der Waals surface area contributed by atoms with Gasteiger partial charge in [0.2, 0.25) is 0 Å². The van der Waals surface area contributed by atoms with Crippen molar-refractivity contribution in [1.29, 1.82) is 0 Å². The fraction of sp³-hybridized carbons (Fsp3) is 0.933. The normalized spacial score (nSPS) is 21.6. The van der Waals surface area contributed by atoms with Crippen molar-refractivity contribution in [1.82, 2.24) is 9.96 Å². The van der Waals surface area contributed by atoms with Crippen molar-refractivity contribution >= 4 is 6.09 Å². The van der Waals surface area contributed by atoms with Gasteiger partial charge in [0.15, 0.2) is 0 Å². The van der Waals surface area contributed by atoms with Gasteiger partial charge >= 0.3 is 6.09 Å². The lowest BCUT2D eigenvalue weighted by Crippen LogP contribution is -2.52. The first-order valence-corrected chi connectivity index (χ1v) is 7.38. The molecule has 0 N–H and O–H groups in total. The van der Waals surface area contributed by atoms with Crippen LogP contribution in [0.25, 0.3) is 0 Å². The highest BCUT2D eigenvalue weighted by molar-refractivity contribution is 5.67. The summed E-state index contributed by atoms with van der Waals surface area (Å²) in [6, 6.07) is 0.0443. The fourth-order valence-corrected chi connectivity index (χ4v) is 2.19. The topological polar surface area (TPSA) is 42.0 Å². The minimum atomic E-state index is -0.517. The maximum absolute atomic E-state index is 12.4. The van der Waals surface area contributed by atoms with Crippen LogP contribution in [0.3, 0.4) is 0 Å². The molecule has 1 atom stereocenters. The van der Waals surface area contributed by atoms with E-state index >= 15 is 0 Å². The molecule has 1 aliphatic rings. The standard InChI is InChI=1S/C15H30N2O3/c1-14(2,3)19-13(18)17(20-15(4,5)6)12-9-8-10-16(7)11-12/h12H,8-11H2,1-7H3. The molecule has 5 nitrogen and oxygen atoms in total. The number of ether oxygens (including phenoxy) is 1. The second kappa shape index (κ2) is 6.31. The van der Waals surface area contributed by atoms with Gasteiger partial charge in [-0.1, -0.05) is 0 Å². The highest BCUT2D eigenvalue weighted by Crippen LogP contribution is 2.22. The molecule has 0 radical (unpaired) electrons. The Bertz CT molecular complexity index is 331. The summed E-state index contributed by atoms with van der Waals surface area (Å²) in [6.07, 6.45) is 1.61. The maximum atomic E-state index is 12.4. The third kappa shape index (κ3) is 6.09. The largest absolute Gasteiger partial charge is 0.442 e. The number of hydrogen-bond donors (Lipinski definition) is 0. The first-order chi connectivity index (χ1) is 8.98. The van der Waals surface area contributed by atoms with Gasteiger partial charge in [-0.05, 0) is 68.0 Å². The van der Waals surface area contributed by atoms with Gasteiger partial charge in [-0.15, -0.1) is 0 Å². The smallest absolute Gasteiger partial charge is 0.434 e. The van der Waals surface area contributed by atoms with E-state index in [0.717, 1.165) is 25.9 Å². The minimum Gasteiger partial charge on any atom is -0.442 e. The average molecular weight is 286 g/mol. The van der Waals surface area contributed by atoms with Gasteiger partial charge in [0.1, 0.15) is 5.60 Å². The first kappa shape index (κ1) is 17.2. The third-order valence-corrected chi connectivity index (χ3v) is 2.88. The van der Waals surface area contributed by atoms with Crippen molar-refractivity contribution in [2.24, 2.45) is 0 Å². The zero-order chi connectivity index (χ0) is 15.6. The summed E-state index contributed by atoms with van der Waals surface area (Å²) >= 11 is 0. The number of likely N-dealkylation sites (tertiary alicyclic amines) is 1. The molecule has 1 fully saturated rings. The molecule has 0 aromatic carbocycles. The molecule has 0 spiro atoms. The average Bonchev–Trinajstić information content (AvgIpc) is 2.22. The Morgan fingerprint density at radius 1 is 1.15 bits per heavy atom. The molecule has 0 saturated carbocycles. The molecule has 0 bridgehead atoms. The third-order valence-electron chi connectivity index (χ3n) is 2.88. The Morgan fingerprint density at radius 3 is 2.20 bits per heavy atom. The molecule has 5 heteroatoms. The predicted octanol–water partition coefficient (Wildman–Crippen LogP) is 3.05. The van der Waals surface area contributed by atoms with Crippen molar-refractivity contribution < 1.29 is 14.4 Å². The Morgan fingerprint density at radius 2 is 1.75 bits per heavy atom. The Kier molecular flexibility index (Phi) is 5.44. The second-order valence-electron chi connectivity index (χ2n) is 7.57. The van der Waals surface area contributed by atoms with E-state index in [0.29, 0.717) is 0 Å². The summed E-state index contributed by atoms with van der Waals surface area (Å²) in [4.78, 5) is 20.5. The summed E-state index contributed by atoms with van der Waals surface area (Å²) in [5.41, 5.74) is -0.940. The summed E-state index contributed by atoms with van der Waals surface area (Å²) in [5.74, 6) is 0. The lowest BCUT2D eigenvalue weighted by atomic mass is 10.1. The number of carbonyl (C=O) groups excluding carboxylic acids is 1. The molecule has 1 unspecified atom stereocenters. The zero-order valence-corrected chi connectivity index (χ0v) is 14.0. The minimum absolute atomic E-state index is 0.0443. The van der Waals surface area contributed by atoms with Gasteiger partial charge in [-0.25, -0.2) is 4.79 Å². The molecule has 0 aromatic heterocycles. The summed E-state index contributed by atoms with van der Waals surface area (Å²) in [5, 5.41) is 1.45. The number of hydrogen-bond acceptors (Lipinski definition) is 4. The van der Waals surface area contributed by atoms with E-state index in [9.17, 15) is 4.79 Å². The van der Waals surface area contributed by atoms with E-state index in [1.54, 1.807) is 0 Å². The molecule has 1 amide bonds. The first-order valence-electron chi connectivity index (χ1n) is 7.38. The fourth-order valence-electron chi connectivity index (χ4n) is 2.19. The van der Waals surface area contributed by atoms with Crippen LogP contribution in [0.1, 0.15) is 54.4 Å². The van der Waals surface area contributed by atoms with Gasteiger partial charge in [-0.2, -0.15) is 5.06 Å². The number of likely N-dealkylation sites (N-methyl/N-ethyl adjacent to an activating group) is 1. The van der Waals surface area contributed by atoms with Crippen LogP contribution in [0, 0.1) is 0 Å². The van der Waals surface area contributed by atoms with E-state index < -0.39 is 17.3 Å². The molecule has 0 aliphatic carbocycles. The van der Waals surface area contributed by atoms with Crippen LogP contribution in [0.5, 0.6) is 0 Å². The van der Waals surface area contributed by atoms with Gasteiger partial charge in [0.05, 0.1) is 11.6 Å². The van der Waals surface area contributed by atoms with Crippen molar-refractivity contribution in [2.75, 3.05) is 20.1 Å². The zero-order valence-electron chi connectivity index (χ0n) is 14.0. The van der Waals surface area contributed by atoms with Crippen LogP contribution in [0.15, 0.2) is 0 Å². The number of piperidine rings is 1. The lowest BCUT2D eigenvalue weighted by Gasteiger charge is -2.40. The quantitative estimate of drug-likeness (QED) is 0.732. The highest BCUT2D eigenvalue weighted by atomic mass is 16.7. The molecular formula is C15H30N2O3. The van der Waals surface area contributed by atoms with Crippen LogP contribution in [0.4, 0.5) is 4.79 Å². The number of hydroxylamine groups is 2. The molecular weight excluding hydrogens is 256 g/mol. The van der Waals surface area contributed by atoms with E-state index in [-0.39, 0.29) is 6.04 Å². The number of carbonyl (C=O) groups is 1. The van der Waals surface area contributed by atoms with Crippen molar-refractivity contribution in [2.45, 2.75) is 71.6 Å². The summed E-state index contributed by atoms with van der Waals surface area (Å²) in [7, 11) is 2.07. The van der Waals surface area contributed by atoms with E-state index in [4.69, 9.17) is 9.57 Å². The van der Waals surface area contributed by atoms with E-state index in [2.05, 4.69) is 11.9 Å². The molecule has 20 heavy (non-hydrogen) atoms. The maximum Gasteiger partial charge on any atom is 0.434 e. The summed E-state index contributed by atoms with van der Waals surface area (Å²) < 4.78 is 5.48. The second-order valence-corrected chi connectivity index (χ2v) is 7.57. The Hall–Kier alpha value is -0.810. The van der Waals surface area contributed by atoms with Crippen LogP contribution >= 0.6 is 0 Å². The van der Waals surface area contributed by atoms with Crippen molar-refractivity contribution in [3.8, 4) is 0 Å². The predicted molar refractivity (Wildman–Crippen MR) is 79.4 cm³/mol. The monoisotopic (exact) mass is 286 g/mol. The van der Waals surface area contributed by atoms with E-state index in [1.807, 2.05) is 41.5 Å². The number of amides is 1. The Labute approximate surface area is 123 Å². The van der Waals surface area contributed by atoms with E-state index in [1.165, 1.54) is 5.06 Å². The van der Waals surface area contributed by atoms with Crippen LogP contribution in [0.2, 0.25) is 0 Å². The van der Waals surface area contributed by atoms with Gasteiger partial charge in [-0.3, -0.25) is 4.84 Å². The Balaban J connectivity index is 2.81.